The number of hydrogen-bond donors (Lipinski definition) is 0. The second-order valence-electron chi connectivity index (χ2n) is 6.24. The van der Waals surface area contributed by atoms with Crippen molar-refractivity contribution in [2.75, 3.05) is 0 Å². The average molecular weight is 346 g/mol. The van der Waals surface area contributed by atoms with Crippen LogP contribution in [0.4, 0.5) is 0 Å². The van der Waals surface area contributed by atoms with Crippen LogP contribution >= 0.6 is 11.3 Å². The van der Waals surface area contributed by atoms with E-state index in [4.69, 9.17) is 0 Å². The van der Waals surface area contributed by atoms with Crippen LogP contribution in [0.3, 0.4) is 0 Å². The van der Waals surface area contributed by atoms with Crippen LogP contribution in [0.1, 0.15) is 24.1 Å². The molecule has 4 aromatic rings. The zero-order chi connectivity index (χ0) is 17.4. The summed E-state index contributed by atoms with van der Waals surface area (Å²) >= 11 is 1.52. The number of hydrogen-bond acceptors (Lipinski definition) is 3. The van der Waals surface area contributed by atoms with Crippen molar-refractivity contribution < 1.29 is 0 Å². The van der Waals surface area contributed by atoms with Gasteiger partial charge in [-0.3, -0.25) is 9.36 Å². The molecule has 0 aliphatic heterocycles. The predicted octanol–water partition coefficient (Wildman–Crippen LogP) is 5.04. The first-order valence-electron chi connectivity index (χ1n) is 8.25. The summed E-state index contributed by atoms with van der Waals surface area (Å²) in [5.74, 6) is 0. The van der Waals surface area contributed by atoms with E-state index in [2.05, 4.69) is 36.2 Å². The number of nitrogens with zero attached hydrogens (tertiary/aromatic N) is 2. The van der Waals surface area contributed by atoms with E-state index in [1.807, 2.05) is 42.6 Å². The molecule has 124 valence electrons. The standard InChI is InChI=1S/C21H18N2OS/c1-14-8-10-17(11-9-14)18-12-25-20-19(18)21(24)23(13-22-20)15(2)16-6-4-3-5-7-16/h3-13,15H,1-2H3/t15-/m0/s1. The zero-order valence-corrected chi connectivity index (χ0v) is 15.0. The van der Waals surface area contributed by atoms with E-state index in [9.17, 15) is 4.79 Å². The Morgan fingerprint density at radius 2 is 1.76 bits per heavy atom. The van der Waals surface area contributed by atoms with Gasteiger partial charge in [-0.2, -0.15) is 0 Å². The molecule has 0 aliphatic rings. The molecule has 0 fully saturated rings. The second-order valence-corrected chi connectivity index (χ2v) is 7.10. The summed E-state index contributed by atoms with van der Waals surface area (Å²) < 4.78 is 1.72. The molecule has 4 heteroatoms. The first-order chi connectivity index (χ1) is 12.1. The third-order valence-corrected chi connectivity index (χ3v) is 5.47. The summed E-state index contributed by atoms with van der Waals surface area (Å²) in [6, 6.07) is 18.2. The van der Waals surface area contributed by atoms with Crippen molar-refractivity contribution in [3.63, 3.8) is 0 Å². The quantitative estimate of drug-likeness (QED) is 0.521. The molecule has 2 aromatic carbocycles. The highest BCUT2D eigenvalue weighted by Crippen LogP contribution is 2.31. The van der Waals surface area contributed by atoms with Gasteiger partial charge in [-0.25, -0.2) is 4.98 Å². The van der Waals surface area contributed by atoms with E-state index >= 15 is 0 Å². The third kappa shape index (κ3) is 2.79. The van der Waals surface area contributed by atoms with Crippen LogP contribution in [-0.2, 0) is 0 Å². The fourth-order valence-corrected chi connectivity index (χ4v) is 3.97. The molecule has 25 heavy (non-hydrogen) atoms. The Morgan fingerprint density at radius 1 is 1.04 bits per heavy atom. The lowest BCUT2D eigenvalue weighted by Crippen LogP contribution is -2.24. The number of thiophene rings is 1. The van der Waals surface area contributed by atoms with Gasteiger partial charge in [0, 0.05) is 10.9 Å². The molecule has 0 saturated carbocycles. The van der Waals surface area contributed by atoms with Gasteiger partial charge in [-0.1, -0.05) is 60.2 Å². The van der Waals surface area contributed by atoms with Gasteiger partial charge in [0.2, 0.25) is 0 Å². The summed E-state index contributed by atoms with van der Waals surface area (Å²) in [6.45, 7) is 4.09. The van der Waals surface area contributed by atoms with Crippen LogP contribution in [0.25, 0.3) is 21.3 Å². The predicted molar refractivity (Wildman–Crippen MR) is 104 cm³/mol. The van der Waals surface area contributed by atoms with Crippen LogP contribution in [0, 0.1) is 6.92 Å². The topological polar surface area (TPSA) is 34.9 Å². The molecule has 3 nitrogen and oxygen atoms in total. The van der Waals surface area contributed by atoms with E-state index in [-0.39, 0.29) is 11.6 Å². The van der Waals surface area contributed by atoms with Crippen molar-refractivity contribution in [1.29, 1.82) is 0 Å². The molecule has 4 rings (SSSR count). The van der Waals surface area contributed by atoms with Crippen molar-refractivity contribution >= 4 is 21.6 Å². The van der Waals surface area contributed by atoms with Gasteiger partial charge < -0.3 is 0 Å². The summed E-state index contributed by atoms with van der Waals surface area (Å²) in [7, 11) is 0. The van der Waals surface area contributed by atoms with Gasteiger partial charge in [-0.05, 0) is 25.0 Å². The molecule has 0 saturated heterocycles. The van der Waals surface area contributed by atoms with Gasteiger partial charge in [0.1, 0.15) is 4.83 Å². The minimum absolute atomic E-state index is 0.0122. The number of aryl methyl sites for hydroxylation is 1. The molecule has 2 aromatic heterocycles. The van der Waals surface area contributed by atoms with E-state index < -0.39 is 0 Å². The summed E-state index contributed by atoms with van der Waals surface area (Å²) in [5.41, 5.74) is 4.33. The molecule has 0 aliphatic carbocycles. The van der Waals surface area contributed by atoms with Gasteiger partial charge in [-0.15, -0.1) is 11.3 Å². The summed E-state index contributed by atoms with van der Waals surface area (Å²) in [5, 5.41) is 2.74. The lowest BCUT2D eigenvalue weighted by Gasteiger charge is -2.15. The molecule has 0 N–H and O–H groups in total. The van der Waals surface area contributed by atoms with Gasteiger partial charge in [0.05, 0.1) is 17.8 Å². The highest BCUT2D eigenvalue weighted by molar-refractivity contribution is 7.17. The minimum Gasteiger partial charge on any atom is -0.291 e. The Kier molecular flexibility index (Phi) is 3.98. The van der Waals surface area contributed by atoms with Gasteiger partial charge in [0.15, 0.2) is 0 Å². The van der Waals surface area contributed by atoms with Gasteiger partial charge >= 0.3 is 0 Å². The molecule has 2 heterocycles. The van der Waals surface area contributed by atoms with Crippen molar-refractivity contribution in [3.05, 3.63) is 87.8 Å². The van der Waals surface area contributed by atoms with E-state index in [1.165, 1.54) is 16.9 Å². The molecular formula is C21H18N2OS. The Balaban J connectivity index is 1.89. The van der Waals surface area contributed by atoms with E-state index in [0.29, 0.717) is 5.39 Å². The second kappa shape index (κ2) is 6.30. The molecule has 0 amide bonds. The van der Waals surface area contributed by atoms with Crippen LogP contribution in [0.2, 0.25) is 0 Å². The number of fused-ring (bicyclic) bond motifs is 1. The Bertz CT molecular complexity index is 1080. The monoisotopic (exact) mass is 346 g/mol. The van der Waals surface area contributed by atoms with Crippen LogP contribution in [0.5, 0.6) is 0 Å². The Morgan fingerprint density at radius 3 is 2.48 bits per heavy atom. The van der Waals surface area contributed by atoms with E-state index in [1.54, 1.807) is 10.9 Å². The zero-order valence-electron chi connectivity index (χ0n) is 14.1. The number of aromatic nitrogens is 2. The highest BCUT2D eigenvalue weighted by atomic mass is 32.1. The smallest absolute Gasteiger partial charge is 0.263 e. The van der Waals surface area contributed by atoms with Crippen molar-refractivity contribution in [2.45, 2.75) is 19.9 Å². The van der Waals surface area contributed by atoms with Crippen LogP contribution in [0.15, 0.2) is 71.1 Å². The minimum atomic E-state index is -0.0589. The molecule has 0 unspecified atom stereocenters. The molecular weight excluding hydrogens is 328 g/mol. The maximum Gasteiger partial charge on any atom is 0.263 e. The first kappa shape index (κ1) is 15.8. The largest absolute Gasteiger partial charge is 0.291 e. The van der Waals surface area contributed by atoms with Gasteiger partial charge in [0.25, 0.3) is 5.56 Å². The number of rotatable bonds is 3. The average Bonchev–Trinajstić information content (AvgIpc) is 3.08. The van der Waals surface area contributed by atoms with E-state index in [0.717, 1.165) is 21.5 Å². The van der Waals surface area contributed by atoms with Crippen LogP contribution < -0.4 is 5.56 Å². The normalized spacial score (nSPS) is 12.4. The molecule has 1 atom stereocenters. The summed E-state index contributed by atoms with van der Waals surface area (Å²) in [4.78, 5) is 18.5. The molecule has 0 radical (unpaired) electrons. The fourth-order valence-electron chi connectivity index (χ4n) is 3.06. The van der Waals surface area contributed by atoms with Crippen LogP contribution in [-0.4, -0.2) is 9.55 Å². The molecule has 0 spiro atoms. The van der Waals surface area contributed by atoms with Crippen molar-refractivity contribution in [1.82, 2.24) is 9.55 Å². The lowest BCUT2D eigenvalue weighted by atomic mass is 10.0. The fraction of sp³-hybridized carbons (Fsp3) is 0.143. The number of benzene rings is 2. The third-order valence-electron chi connectivity index (χ3n) is 4.58. The maximum absolute atomic E-state index is 13.2. The van der Waals surface area contributed by atoms with Crippen molar-refractivity contribution in [2.24, 2.45) is 0 Å². The van der Waals surface area contributed by atoms with Crippen molar-refractivity contribution in [3.8, 4) is 11.1 Å². The summed E-state index contributed by atoms with van der Waals surface area (Å²) in [6.07, 6.45) is 1.66. The Labute approximate surface area is 150 Å². The SMILES string of the molecule is Cc1ccc(-c2csc3ncn([C@@H](C)c4ccccc4)c(=O)c23)cc1. The first-order valence-corrected chi connectivity index (χ1v) is 9.13. The Hall–Kier alpha value is -2.72. The lowest BCUT2D eigenvalue weighted by molar-refractivity contribution is 0.609. The highest BCUT2D eigenvalue weighted by Gasteiger charge is 2.16. The maximum atomic E-state index is 13.2. The molecule has 0 bridgehead atoms.